The minimum absolute atomic E-state index is 0.588. The fourth-order valence-electron chi connectivity index (χ4n) is 4.13. The number of aromatic nitrogens is 2. The summed E-state index contributed by atoms with van der Waals surface area (Å²) in [5.74, 6) is 2.30. The van der Waals surface area contributed by atoms with E-state index in [0.717, 1.165) is 55.4 Å². The number of benzene rings is 1. The quantitative estimate of drug-likeness (QED) is 0.852. The van der Waals surface area contributed by atoms with Crippen LogP contribution in [0.4, 0.5) is 5.82 Å². The highest BCUT2D eigenvalue weighted by Gasteiger charge is 2.20. The molecule has 2 aliphatic heterocycles. The average molecular weight is 355 g/mol. The SMILES string of the molecule is Nc1nc(CN2CCN(CCC3CCCNC3)CC2)nc2ccccc12. The lowest BCUT2D eigenvalue weighted by molar-refractivity contribution is 0.118. The first-order valence-corrected chi connectivity index (χ1v) is 9.94. The van der Waals surface area contributed by atoms with Gasteiger partial charge in [-0.15, -0.1) is 0 Å². The van der Waals surface area contributed by atoms with Crippen molar-refractivity contribution < 1.29 is 0 Å². The Morgan fingerprint density at radius 3 is 2.69 bits per heavy atom. The molecule has 0 bridgehead atoms. The van der Waals surface area contributed by atoms with E-state index >= 15 is 0 Å². The molecule has 1 aromatic heterocycles. The Labute approximate surface area is 155 Å². The Morgan fingerprint density at radius 2 is 1.88 bits per heavy atom. The Morgan fingerprint density at radius 1 is 1.08 bits per heavy atom. The van der Waals surface area contributed by atoms with Gasteiger partial charge >= 0.3 is 0 Å². The second kappa shape index (κ2) is 8.29. The molecule has 6 heteroatoms. The third-order valence-electron chi connectivity index (χ3n) is 5.76. The van der Waals surface area contributed by atoms with Crippen LogP contribution >= 0.6 is 0 Å². The van der Waals surface area contributed by atoms with Crippen LogP contribution in [0.25, 0.3) is 10.9 Å². The van der Waals surface area contributed by atoms with Crippen LogP contribution in [0.1, 0.15) is 25.1 Å². The highest BCUT2D eigenvalue weighted by atomic mass is 15.3. The first-order chi connectivity index (χ1) is 12.8. The van der Waals surface area contributed by atoms with Gasteiger partial charge in [0.1, 0.15) is 11.6 Å². The molecule has 4 rings (SSSR count). The summed E-state index contributed by atoms with van der Waals surface area (Å²) in [4.78, 5) is 14.3. The maximum atomic E-state index is 6.11. The number of nitrogen functional groups attached to an aromatic ring is 1. The van der Waals surface area contributed by atoms with E-state index in [4.69, 9.17) is 10.7 Å². The van der Waals surface area contributed by atoms with Gasteiger partial charge in [0, 0.05) is 31.6 Å². The molecular formula is C20H30N6. The normalized spacial score (nSPS) is 22.7. The third kappa shape index (κ3) is 4.31. The van der Waals surface area contributed by atoms with E-state index in [2.05, 4.69) is 20.1 Å². The molecule has 3 heterocycles. The van der Waals surface area contributed by atoms with Crippen molar-refractivity contribution in [2.45, 2.75) is 25.8 Å². The topological polar surface area (TPSA) is 70.3 Å². The van der Waals surface area contributed by atoms with Gasteiger partial charge in [-0.05, 0) is 56.9 Å². The van der Waals surface area contributed by atoms with Crippen LogP contribution in [-0.2, 0) is 6.54 Å². The molecular weight excluding hydrogens is 324 g/mol. The van der Waals surface area contributed by atoms with Crippen LogP contribution < -0.4 is 11.1 Å². The van der Waals surface area contributed by atoms with Crippen molar-refractivity contribution in [2.75, 3.05) is 51.5 Å². The van der Waals surface area contributed by atoms with E-state index in [-0.39, 0.29) is 0 Å². The fraction of sp³-hybridized carbons (Fsp3) is 0.600. The number of para-hydroxylation sites is 1. The standard InChI is InChI=1S/C20H30N6/c21-20-17-5-1-2-6-18(17)23-19(24-20)15-26-12-10-25(11-13-26)9-7-16-4-3-8-22-14-16/h1-2,5-6,16,22H,3-4,7-15H2,(H2,21,23,24). The number of nitrogens with zero attached hydrogens (tertiary/aromatic N) is 4. The minimum Gasteiger partial charge on any atom is -0.383 e. The molecule has 2 aromatic rings. The van der Waals surface area contributed by atoms with E-state index in [1.54, 1.807) is 0 Å². The number of fused-ring (bicyclic) bond motifs is 1. The molecule has 1 aromatic carbocycles. The Balaban J connectivity index is 1.27. The zero-order chi connectivity index (χ0) is 17.8. The second-order valence-electron chi connectivity index (χ2n) is 7.66. The maximum Gasteiger partial charge on any atom is 0.145 e. The molecule has 0 saturated carbocycles. The maximum absolute atomic E-state index is 6.11. The Hall–Kier alpha value is -1.76. The summed E-state index contributed by atoms with van der Waals surface area (Å²) in [6, 6.07) is 7.97. The van der Waals surface area contributed by atoms with Crippen molar-refractivity contribution in [3.8, 4) is 0 Å². The predicted octanol–water partition coefficient (Wildman–Crippen LogP) is 1.72. The van der Waals surface area contributed by atoms with Crippen molar-refractivity contribution >= 4 is 16.7 Å². The van der Waals surface area contributed by atoms with Gasteiger partial charge in [0.2, 0.25) is 0 Å². The van der Waals surface area contributed by atoms with Crippen molar-refractivity contribution in [1.29, 1.82) is 0 Å². The molecule has 1 atom stereocenters. The first kappa shape index (κ1) is 17.6. The highest BCUT2D eigenvalue weighted by Crippen LogP contribution is 2.19. The monoisotopic (exact) mass is 354 g/mol. The molecule has 0 amide bonds. The largest absolute Gasteiger partial charge is 0.383 e. The van der Waals surface area contributed by atoms with Crippen molar-refractivity contribution in [1.82, 2.24) is 25.1 Å². The van der Waals surface area contributed by atoms with Crippen LogP contribution in [0.15, 0.2) is 24.3 Å². The van der Waals surface area contributed by atoms with E-state index in [1.165, 1.54) is 38.9 Å². The first-order valence-electron chi connectivity index (χ1n) is 9.94. The zero-order valence-corrected chi connectivity index (χ0v) is 15.5. The lowest BCUT2D eigenvalue weighted by Gasteiger charge is -2.35. The van der Waals surface area contributed by atoms with E-state index in [9.17, 15) is 0 Å². The molecule has 0 radical (unpaired) electrons. The lowest BCUT2D eigenvalue weighted by Crippen LogP contribution is -2.46. The molecule has 26 heavy (non-hydrogen) atoms. The van der Waals surface area contributed by atoms with Crippen LogP contribution in [0, 0.1) is 5.92 Å². The van der Waals surface area contributed by atoms with Gasteiger partial charge < -0.3 is 16.0 Å². The summed E-state index contributed by atoms with van der Waals surface area (Å²) in [5.41, 5.74) is 7.05. The molecule has 1 unspecified atom stereocenters. The number of nitrogens with two attached hydrogens (primary N) is 1. The van der Waals surface area contributed by atoms with Crippen LogP contribution in [0.3, 0.4) is 0 Å². The molecule has 0 spiro atoms. The summed E-state index contributed by atoms with van der Waals surface area (Å²) in [5, 5.41) is 4.47. The van der Waals surface area contributed by atoms with Gasteiger partial charge in [-0.1, -0.05) is 12.1 Å². The number of piperidine rings is 1. The summed E-state index contributed by atoms with van der Waals surface area (Å²) in [7, 11) is 0. The van der Waals surface area contributed by atoms with Crippen LogP contribution in [-0.4, -0.2) is 65.6 Å². The number of nitrogens with one attached hydrogen (secondary N) is 1. The van der Waals surface area contributed by atoms with Gasteiger partial charge in [-0.3, -0.25) is 4.90 Å². The zero-order valence-electron chi connectivity index (χ0n) is 15.5. The average Bonchev–Trinajstić information content (AvgIpc) is 2.68. The Kier molecular flexibility index (Phi) is 5.62. The third-order valence-corrected chi connectivity index (χ3v) is 5.76. The van der Waals surface area contributed by atoms with Crippen LogP contribution in [0.5, 0.6) is 0 Å². The van der Waals surface area contributed by atoms with Crippen molar-refractivity contribution in [3.63, 3.8) is 0 Å². The van der Waals surface area contributed by atoms with Crippen LogP contribution in [0.2, 0.25) is 0 Å². The molecule has 0 aliphatic carbocycles. The predicted molar refractivity (Wildman–Crippen MR) is 106 cm³/mol. The number of rotatable bonds is 5. The smallest absolute Gasteiger partial charge is 0.145 e. The van der Waals surface area contributed by atoms with Gasteiger partial charge in [-0.2, -0.15) is 0 Å². The van der Waals surface area contributed by atoms with Crippen molar-refractivity contribution in [2.24, 2.45) is 5.92 Å². The summed E-state index contributed by atoms with van der Waals surface area (Å²) >= 11 is 0. The summed E-state index contributed by atoms with van der Waals surface area (Å²) in [6.07, 6.45) is 4.07. The Bertz CT molecular complexity index is 719. The number of hydrogen-bond donors (Lipinski definition) is 2. The number of piperazine rings is 1. The van der Waals surface area contributed by atoms with E-state index in [1.807, 2.05) is 24.3 Å². The lowest BCUT2D eigenvalue weighted by atomic mass is 9.96. The van der Waals surface area contributed by atoms with Gasteiger partial charge in [0.05, 0.1) is 12.1 Å². The molecule has 6 nitrogen and oxygen atoms in total. The second-order valence-corrected chi connectivity index (χ2v) is 7.66. The van der Waals surface area contributed by atoms with Crippen molar-refractivity contribution in [3.05, 3.63) is 30.1 Å². The molecule has 2 fully saturated rings. The summed E-state index contributed by atoms with van der Waals surface area (Å²) < 4.78 is 0. The molecule has 2 aliphatic rings. The number of anilines is 1. The minimum atomic E-state index is 0.588. The fourth-order valence-corrected chi connectivity index (χ4v) is 4.13. The van der Waals surface area contributed by atoms with Gasteiger partial charge in [0.15, 0.2) is 0 Å². The van der Waals surface area contributed by atoms with E-state index in [0.29, 0.717) is 5.82 Å². The van der Waals surface area contributed by atoms with Gasteiger partial charge in [0.25, 0.3) is 0 Å². The number of hydrogen-bond acceptors (Lipinski definition) is 6. The van der Waals surface area contributed by atoms with E-state index < -0.39 is 0 Å². The van der Waals surface area contributed by atoms with Gasteiger partial charge in [-0.25, -0.2) is 9.97 Å². The molecule has 2 saturated heterocycles. The molecule has 3 N–H and O–H groups in total. The summed E-state index contributed by atoms with van der Waals surface area (Å²) in [6.45, 7) is 8.89. The molecule has 140 valence electrons. The highest BCUT2D eigenvalue weighted by molar-refractivity contribution is 5.87.